The average Bonchev–Trinajstić information content (AvgIpc) is 2.30. The largest absolute Gasteiger partial charge is 2.00 e. The summed E-state index contributed by atoms with van der Waals surface area (Å²) >= 11 is 0. The minimum atomic E-state index is -1.08. The molecule has 0 aromatic heterocycles. The molecule has 0 radical (unpaired) electrons. The van der Waals surface area contributed by atoms with Crippen LogP contribution in [-0.4, -0.2) is 109 Å². The molecule has 0 aromatic rings. The molecule has 0 aromatic carbocycles. The molecular weight excluding hydrogens is 669 g/mol. The van der Waals surface area contributed by atoms with Gasteiger partial charge < -0.3 is 79.2 Å². The van der Waals surface area contributed by atoms with E-state index in [9.17, 15) is 0 Å². The van der Waals surface area contributed by atoms with Crippen molar-refractivity contribution in [3.8, 4) is 0 Å². The summed E-state index contributed by atoms with van der Waals surface area (Å²) in [7, 11) is 0. The van der Waals surface area contributed by atoms with E-state index in [1.165, 1.54) is 0 Å². The van der Waals surface area contributed by atoms with Gasteiger partial charge in [0.2, 0.25) is 0 Å². The van der Waals surface area contributed by atoms with E-state index in [0.29, 0.717) is 0 Å². The van der Waals surface area contributed by atoms with Gasteiger partial charge in [0.15, 0.2) is 0 Å². The first-order valence-corrected chi connectivity index (χ1v) is 7.27. The zero-order valence-electron chi connectivity index (χ0n) is 23.9. The monoisotopic (exact) mass is 692 g/mol. The third-order valence-electron chi connectivity index (χ3n) is 0. The van der Waals surface area contributed by atoms with Crippen molar-refractivity contribution in [2.75, 3.05) is 0 Å². The van der Waals surface area contributed by atoms with Gasteiger partial charge in [0.1, 0.15) is 0 Å². The molecule has 0 spiro atoms. The Morgan fingerprint density at radius 2 is 0.289 bits per heavy atom. The molecule has 192 valence electrons. The van der Waals surface area contributed by atoms with E-state index in [1.54, 1.807) is 0 Å². The van der Waals surface area contributed by atoms with Crippen molar-refractivity contribution < 1.29 is 285 Å². The molecule has 38 heavy (non-hydrogen) atoms. The molecule has 0 atom stereocenters. The Bertz CT molecular complexity index is 392. The summed E-state index contributed by atoms with van der Waals surface area (Å²) in [5.41, 5.74) is 0. The number of aliphatic carboxylic acids is 8. The molecule has 0 aliphatic carbocycles. The Morgan fingerprint density at radius 3 is 0.289 bits per heavy atom. The van der Waals surface area contributed by atoms with Gasteiger partial charge in [-0.15, -0.1) is 0 Å². The average molecular weight is 693 g/mol. The van der Waals surface area contributed by atoms with Crippen LogP contribution in [0, 0.1) is 0 Å². The van der Waals surface area contributed by atoms with Gasteiger partial charge >= 0.3 is 266 Å². The van der Waals surface area contributed by atoms with Crippen LogP contribution in [-0.2, 0) is 38.4 Å². The van der Waals surface area contributed by atoms with Gasteiger partial charge in [-0.1, -0.05) is 0 Å². The fourth-order valence-electron chi connectivity index (χ4n) is 0. The van der Waals surface area contributed by atoms with Gasteiger partial charge in [0, 0.05) is 47.8 Å². The number of hydrogen-bond acceptors (Lipinski definition) is 16. The molecular formula is C16H24CaK4MgO16. The molecule has 0 N–H and O–H groups in total. The van der Waals surface area contributed by atoms with Gasteiger partial charge in [0.25, 0.3) is 0 Å². The third-order valence-corrected chi connectivity index (χ3v) is 0. The summed E-state index contributed by atoms with van der Waals surface area (Å²) in [5.74, 6) is -8.67. The van der Waals surface area contributed by atoms with Crippen LogP contribution in [0.25, 0.3) is 0 Å². The van der Waals surface area contributed by atoms with Gasteiger partial charge in [-0.05, 0) is 55.4 Å². The first-order valence-electron chi connectivity index (χ1n) is 7.27. The predicted molar refractivity (Wildman–Crippen MR) is 97.0 cm³/mol. The smallest absolute Gasteiger partial charge is 0.550 e. The van der Waals surface area contributed by atoms with Crippen molar-refractivity contribution in [3.63, 3.8) is 0 Å². The predicted octanol–water partition coefficient (Wildman–Crippen LogP) is -22.7. The van der Waals surface area contributed by atoms with Crippen LogP contribution < -0.4 is 246 Å². The van der Waals surface area contributed by atoms with Crippen LogP contribution in [0.1, 0.15) is 55.4 Å². The van der Waals surface area contributed by atoms with E-state index in [1.807, 2.05) is 0 Å². The Kier molecular flexibility index (Phi) is 199. The third kappa shape index (κ3) is 3330. The minimum Gasteiger partial charge on any atom is -0.550 e. The minimum absolute atomic E-state index is 0. The Balaban J connectivity index is -0.0000000141. The number of carboxylic acids is 8. The second kappa shape index (κ2) is 83.8. The van der Waals surface area contributed by atoms with Crippen molar-refractivity contribution in [1.82, 2.24) is 0 Å². The van der Waals surface area contributed by atoms with E-state index in [2.05, 4.69) is 0 Å². The molecule has 0 fully saturated rings. The summed E-state index contributed by atoms with van der Waals surface area (Å²) in [5, 5.41) is 71.1. The fraction of sp³-hybridized carbons (Fsp3) is 0.500. The number of rotatable bonds is 0. The first-order chi connectivity index (χ1) is 13.9. The number of hydrogen-bond donors (Lipinski definition) is 0. The topological polar surface area (TPSA) is 321 Å². The molecule has 0 saturated carbocycles. The summed E-state index contributed by atoms with van der Waals surface area (Å²) in [6, 6.07) is 0. The van der Waals surface area contributed by atoms with Crippen LogP contribution in [0.15, 0.2) is 0 Å². The Labute approximate surface area is 437 Å². The summed E-state index contributed by atoms with van der Waals surface area (Å²) in [6.45, 7) is 7.78. The Hall–Kier alpha value is 4.33. The van der Waals surface area contributed by atoms with E-state index < -0.39 is 47.8 Å². The van der Waals surface area contributed by atoms with E-state index in [0.717, 1.165) is 55.4 Å². The Morgan fingerprint density at radius 1 is 0.289 bits per heavy atom. The maximum absolute atomic E-state index is 8.89. The molecule has 0 heterocycles. The maximum Gasteiger partial charge on any atom is 2.00 e. The summed E-state index contributed by atoms with van der Waals surface area (Å²) in [6.07, 6.45) is 0. The normalized spacial score (nSPS) is 5.26. The molecule has 0 unspecified atom stereocenters. The van der Waals surface area contributed by atoms with Crippen molar-refractivity contribution in [2.45, 2.75) is 55.4 Å². The van der Waals surface area contributed by atoms with Crippen LogP contribution in [0.5, 0.6) is 0 Å². The summed E-state index contributed by atoms with van der Waals surface area (Å²) in [4.78, 5) is 71.1. The summed E-state index contributed by atoms with van der Waals surface area (Å²) < 4.78 is 0. The molecule has 0 aliphatic heterocycles. The van der Waals surface area contributed by atoms with Crippen LogP contribution in [0.4, 0.5) is 0 Å². The molecule has 0 amide bonds. The van der Waals surface area contributed by atoms with Crippen molar-refractivity contribution in [1.29, 1.82) is 0 Å². The molecule has 0 bridgehead atoms. The van der Waals surface area contributed by atoms with Gasteiger partial charge in [-0.2, -0.15) is 0 Å². The molecule has 22 heteroatoms. The van der Waals surface area contributed by atoms with Crippen LogP contribution in [0.3, 0.4) is 0 Å². The van der Waals surface area contributed by atoms with Crippen LogP contribution in [0.2, 0.25) is 0 Å². The standard InChI is InChI=1S/8C2H4O2.Ca.4K.Mg/c8*1-2(3)4;;;;;;/h8*1H3,(H,3,4);;;;;;/q;;;;;;;;+2;4*+1;+2/p-8. The quantitative estimate of drug-likeness (QED) is 0.213. The molecule has 0 rings (SSSR count). The van der Waals surface area contributed by atoms with Crippen molar-refractivity contribution in [2.24, 2.45) is 0 Å². The maximum atomic E-state index is 8.89. The van der Waals surface area contributed by atoms with E-state index in [4.69, 9.17) is 79.2 Å². The van der Waals surface area contributed by atoms with Crippen molar-refractivity contribution in [3.05, 3.63) is 0 Å². The second-order valence-corrected chi connectivity index (χ2v) is 3.93. The van der Waals surface area contributed by atoms with Crippen LogP contribution >= 0.6 is 0 Å². The van der Waals surface area contributed by atoms with Crippen molar-refractivity contribution >= 4 is 109 Å². The van der Waals surface area contributed by atoms with E-state index in [-0.39, 0.29) is 266 Å². The molecule has 0 saturated heterocycles. The van der Waals surface area contributed by atoms with E-state index >= 15 is 0 Å². The zero-order chi connectivity index (χ0) is 28.6. The van der Waals surface area contributed by atoms with Gasteiger partial charge in [-0.25, -0.2) is 0 Å². The first kappa shape index (κ1) is 90.1. The number of carbonyl (C=O) groups is 8. The SMILES string of the molecule is CC(=O)[O-].CC(=O)[O-].CC(=O)[O-].CC(=O)[O-].CC(=O)[O-].CC(=O)[O-].CC(=O)[O-].CC(=O)[O-].[Ca+2].[K+].[K+].[K+].[K+].[Mg+2]. The number of carbonyl (C=O) groups excluding carboxylic acids is 8. The van der Waals surface area contributed by atoms with Gasteiger partial charge in [0.05, 0.1) is 0 Å². The molecule has 0 aliphatic rings. The molecule has 16 nitrogen and oxygen atoms in total. The number of carboxylic acid groups (broad SMARTS) is 8. The fourth-order valence-corrected chi connectivity index (χ4v) is 0. The second-order valence-electron chi connectivity index (χ2n) is 3.93. The van der Waals surface area contributed by atoms with Gasteiger partial charge in [-0.3, -0.25) is 0 Å². The zero-order valence-corrected chi connectivity index (χ0v) is 40.1.